The van der Waals surface area contributed by atoms with Crippen LogP contribution >= 0.6 is 0 Å². The van der Waals surface area contributed by atoms with Gasteiger partial charge in [0.1, 0.15) is 0 Å². The third-order valence-corrected chi connectivity index (χ3v) is 5.16. The molecule has 0 saturated heterocycles. The molecule has 0 aliphatic carbocycles. The third kappa shape index (κ3) is 3.43. The van der Waals surface area contributed by atoms with Crippen molar-refractivity contribution in [3.8, 4) is 0 Å². The van der Waals surface area contributed by atoms with Gasteiger partial charge in [0, 0.05) is 13.6 Å². The summed E-state index contributed by atoms with van der Waals surface area (Å²) in [7, 11) is -0.0958. The molecule has 0 aliphatic rings. The van der Waals surface area contributed by atoms with Crippen molar-refractivity contribution in [2.45, 2.75) is 18.4 Å². The first-order valence-electron chi connectivity index (χ1n) is 6.74. The van der Waals surface area contributed by atoms with Gasteiger partial charge in [-0.05, 0) is 43.8 Å². The van der Waals surface area contributed by atoms with E-state index in [0.29, 0.717) is 17.1 Å². The summed E-state index contributed by atoms with van der Waals surface area (Å²) >= 11 is 0. The van der Waals surface area contributed by atoms with Crippen LogP contribution in [0.3, 0.4) is 0 Å². The lowest BCUT2D eigenvalue weighted by molar-refractivity contribution is 0.594. The van der Waals surface area contributed by atoms with Crippen molar-refractivity contribution < 1.29 is 8.42 Å². The van der Waals surface area contributed by atoms with E-state index in [9.17, 15) is 8.42 Å². The number of sulfonamides is 1. The molecule has 0 radical (unpaired) electrons. The Labute approximate surface area is 126 Å². The van der Waals surface area contributed by atoms with E-state index in [1.54, 1.807) is 19.2 Å². The SMILES string of the molecule is CNCc1ccc(S(=O)(=O)N(C)c2ccc(C)cc2)cc1. The van der Waals surface area contributed by atoms with E-state index in [4.69, 9.17) is 0 Å². The monoisotopic (exact) mass is 304 g/mol. The predicted molar refractivity (Wildman–Crippen MR) is 86.0 cm³/mol. The first kappa shape index (κ1) is 15.5. The largest absolute Gasteiger partial charge is 0.316 e. The number of aryl methyl sites for hydroxylation is 1. The van der Waals surface area contributed by atoms with Crippen molar-refractivity contribution in [3.05, 3.63) is 59.7 Å². The summed E-state index contributed by atoms with van der Waals surface area (Å²) in [5, 5.41) is 3.04. The summed E-state index contributed by atoms with van der Waals surface area (Å²) in [6, 6.07) is 14.4. The minimum absolute atomic E-state index is 0.297. The Morgan fingerprint density at radius 2 is 1.57 bits per heavy atom. The van der Waals surface area contributed by atoms with E-state index in [-0.39, 0.29) is 0 Å². The zero-order valence-electron chi connectivity index (χ0n) is 12.5. The number of anilines is 1. The first-order chi connectivity index (χ1) is 9.95. The summed E-state index contributed by atoms with van der Waals surface area (Å²) in [6.07, 6.45) is 0. The van der Waals surface area contributed by atoms with Crippen molar-refractivity contribution in [1.82, 2.24) is 5.32 Å². The molecule has 0 bridgehead atoms. The van der Waals surface area contributed by atoms with Gasteiger partial charge in [0.05, 0.1) is 10.6 Å². The molecular formula is C16H20N2O2S. The summed E-state index contributed by atoms with van der Waals surface area (Å²) in [6.45, 7) is 2.69. The van der Waals surface area contributed by atoms with Crippen LogP contribution in [0, 0.1) is 6.92 Å². The molecule has 112 valence electrons. The van der Waals surface area contributed by atoms with Crippen molar-refractivity contribution >= 4 is 15.7 Å². The molecule has 0 spiro atoms. The van der Waals surface area contributed by atoms with Gasteiger partial charge in [-0.25, -0.2) is 8.42 Å². The van der Waals surface area contributed by atoms with Crippen LogP contribution in [-0.2, 0) is 16.6 Å². The maximum absolute atomic E-state index is 12.6. The van der Waals surface area contributed by atoms with Crippen LogP contribution in [0.4, 0.5) is 5.69 Å². The Kier molecular flexibility index (Phi) is 4.65. The minimum Gasteiger partial charge on any atom is -0.316 e. The van der Waals surface area contributed by atoms with Crippen molar-refractivity contribution in [2.75, 3.05) is 18.4 Å². The Balaban J connectivity index is 2.30. The zero-order valence-corrected chi connectivity index (χ0v) is 13.3. The van der Waals surface area contributed by atoms with Gasteiger partial charge in [-0.15, -0.1) is 0 Å². The molecule has 0 atom stereocenters. The molecule has 0 aromatic heterocycles. The maximum Gasteiger partial charge on any atom is 0.264 e. The number of rotatable bonds is 5. The fraction of sp³-hybridized carbons (Fsp3) is 0.250. The van der Waals surface area contributed by atoms with Crippen molar-refractivity contribution in [3.63, 3.8) is 0 Å². The first-order valence-corrected chi connectivity index (χ1v) is 8.18. The number of hydrogen-bond acceptors (Lipinski definition) is 3. The molecule has 0 heterocycles. The Bertz CT molecular complexity index is 692. The summed E-state index contributed by atoms with van der Waals surface area (Å²) < 4.78 is 26.5. The molecule has 0 amide bonds. The fourth-order valence-corrected chi connectivity index (χ4v) is 3.23. The summed E-state index contributed by atoms with van der Waals surface area (Å²) in [5.74, 6) is 0. The highest BCUT2D eigenvalue weighted by atomic mass is 32.2. The molecule has 0 aliphatic heterocycles. The van der Waals surface area contributed by atoms with Gasteiger partial charge in [0.2, 0.25) is 0 Å². The van der Waals surface area contributed by atoms with Crippen LogP contribution < -0.4 is 9.62 Å². The lowest BCUT2D eigenvalue weighted by Crippen LogP contribution is -2.26. The standard InChI is InChI=1S/C16H20N2O2S/c1-13-4-8-15(9-5-13)18(3)21(19,20)16-10-6-14(7-11-16)12-17-2/h4-11,17H,12H2,1-3H3. The normalized spacial score (nSPS) is 11.4. The Morgan fingerprint density at radius 3 is 2.10 bits per heavy atom. The molecule has 1 N–H and O–H groups in total. The molecular weight excluding hydrogens is 284 g/mol. The van der Waals surface area contributed by atoms with E-state index < -0.39 is 10.0 Å². The average Bonchev–Trinajstić information content (AvgIpc) is 2.48. The van der Waals surface area contributed by atoms with E-state index in [1.807, 2.05) is 50.4 Å². The third-order valence-electron chi connectivity index (χ3n) is 3.36. The number of hydrogen-bond donors (Lipinski definition) is 1. The maximum atomic E-state index is 12.6. The second kappa shape index (κ2) is 6.28. The molecule has 0 unspecified atom stereocenters. The van der Waals surface area contributed by atoms with Crippen LogP contribution in [0.1, 0.15) is 11.1 Å². The van der Waals surface area contributed by atoms with Gasteiger partial charge < -0.3 is 5.32 Å². The van der Waals surface area contributed by atoms with Crippen molar-refractivity contribution in [1.29, 1.82) is 0 Å². The van der Waals surface area contributed by atoms with Gasteiger partial charge in [-0.3, -0.25) is 4.31 Å². The highest BCUT2D eigenvalue weighted by Crippen LogP contribution is 2.22. The lowest BCUT2D eigenvalue weighted by Gasteiger charge is -2.19. The highest BCUT2D eigenvalue weighted by Gasteiger charge is 2.20. The fourth-order valence-electron chi connectivity index (χ4n) is 2.03. The molecule has 21 heavy (non-hydrogen) atoms. The quantitative estimate of drug-likeness (QED) is 0.923. The van der Waals surface area contributed by atoms with E-state index in [1.165, 1.54) is 4.31 Å². The zero-order chi connectivity index (χ0) is 15.5. The number of nitrogens with one attached hydrogen (secondary N) is 1. The minimum atomic E-state index is -3.52. The van der Waals surface area contributed by atoms with Gasteiger partial charge in [0.25, 0.3) is 10.0 Å². The van der Waals surface area contributed by atoms with Crippen molar-refractivity contribution in [2.24, 2.45) is 0 Å². The molecule has 4 nitrogen and oxygen atoms in total. The van der Waals surface area contributed by atoms with E-state index in [0.717, 1.165) is 11.1 Å². The second-order valence-electron chi connectivity index (χ2n) is 4.98. The molecule has 2 rings (SSSR count). The van der Waals surface area contributed by atoms with Gasteiger partial charge >= 0.3 is 0 Å². The van der Waals surface area contributed by atoms with Crippen LogP contribution in [0.15, 0.2) is 53.4 Å². The smallest absolute Gasteiger partial charge is 0.264 e. The topological polar surface area (TPSA) is 49.4 Å². The van der Waals surface area contributed by atoms with E-state index >= 15 is 0 Å². The highest BCUT2D eigenvalue weighted by molar-refractivity contribution is 7.92. The average molecular weight is 304 g/mol. The molecule has 0 saturated carbocycles. The Hall–Kier alpha value is -1.85. The molecule has 2 aromatic rings. The second-order valence-corrected chi connectivity index (χ2v) is 6.95. The molecule has 5 heteroatoms. The number of nitrogens with zero attached hydrogens (tertiary/aromatic N) is 1. The van der Waals surface area contributed by atoms with Crippen LogP contribution in [0.25, 0.3) is 0 Å². The van der Waals surface area contributed by atoms with Gasteiger partial charge in [0.15, 0.2) is 0 Å². The van der Waals surface area contributed by atoms with E-state index in [2.05, 4.69) is 5.32 Å². The Morgan fingerprint density at radius 1 is 1.00 bits per heavy atom. The van der Waals surface area contributed by atoms with Crippen LogP contribution in [0.5, 0.6) is 0 Å². The van der Waals surface area contributed by atoms with Crippen LogP contribution in [0.2, 0.25) is 0 Å². The molecule has 2 aromatic carbocycles. The predicted octanol–water partition coefficient (Wildman–Crippen LogP) is 2.54. The van der Waals surface area contributed by atoms with Gasteiger partial charge in [-0.2, -0.15) is 0 Å². The molecule has 0 fully saturated rings. The number of benzene rings is 2. The van der Waals surface area contributed by atoms with Crippen LogP contribution in [-0.4, -0.2) is 22.5 Å². The lowest BCUT2D eigenvalue weighted by atomic mass is 10.2. The van der Waals surface area contributed by atoms with Gasteiger partial charge in [-0.1, -0.05) is 29.8 Å². The summed E-state index contributed by atoms with van der Waals surface area (Å²) in [5.41, 5.74) is 2.80. The summed E-state index contributed by atoms with van der Waals surface area (Å²) in [4.78, 5) is 0.297.